The first-order valence-corrected chi connectivity index (χ1v) is 9.12. The molecule has 0 aliphatic rings. The number of carbonyl (C=O) groups excluding carboxylic acids is 2. The molecule has 0 saturated carbocycles. The van der Waals surface area contributed by atoms with Crippen LogP contribution in [-0.4, -0.2) is 17.9 Å². The summed E-state index contributed by atoms with van der Waals surface area (Å²) in [5, 5.41) is 5.48. The van der Waals surface area contributed by atoms with Crippen molar-refractivity contribution in [3.05, 3.63) is 89.7 Å². The monoisotopic (exact) mass is 392 g/mol. The maximum absolute atomic E-state index is 12.9. The second-order valence-electron chi connectivity index (χ2n) is 6.60. The molecule has 6 heteroatoms. The van der Waals surface area contributed by atoms with E-state index in [1.165, 1.54) is 24.3 Å². The van der Waals surface area contributed by atoms with Gasteiger partial charge in [0, 0.05) is 16.9 Å². The number of hydrogen-bond acceptors (Lipinski definition) is 3. The maximum atomic E-state index is 12.9. The molecular weight excluding hydrogens is 371 g/mol. The first kappa shape index (κ1) is 20.1. The average molecular weight is 392 g/mol. The first-order chi connectivity index (χ1) is 13.9. The van der Waals surface area contributed by atoms with Crippen molar-refractivity contribution in [2.45, 2.75) is 20.0 Å². The summed E-state index contributed by atoms with van der Waals surface area (Å²) < 4.78 is 18.6. The fourth-order valence-electron chi connectivity index (χ4n) is 2.56. The first-order valence-electron chi connectivity index (χ1n) is 9.12. The third-order valence-corrected chi connectivity index (χ3v) is 4.22. The SMILES string of the molecule is Cc1ccc(NC(=O)C(C)Oc2ccc(C(=O)Nc3ccc(F)cc3)cc2)cc1. The summed E-state index contributed by atoms with van der Waals surface area (Å²) in [5.74, 6) is -0.500. The summed E-state index contributed by atoms with van der Waals surface area (Å²) >= 11 is 0. The molecule has 0 aliphatic heterocycles. The molecule has 0 radical (unpaired) electrons. The van der Waals surface area contributed by atoms with Crippen molar-refractivity contribution in [2.24, 2.45) is 0 Å². The zero-order chi connectivity index (χ0) is 20.8. The number of carbonyl (C=O) groups is 2. The molecule has 0 fully saturated rings. The average Bonchev–Trinajstić information content (AvgIpc) is 2.72. The fourth-order valence-corrected chi connectivity index (χ4v) is 2.56. The van der Waals surface area contributed by atoms with Crippen molar-refractivity contribution in [1.82, 2.24) is 0 Å². The highest BCUT2D eigenvalue weighted by atomic mass is 19.1. The van der Waals surface area contributed by atoms with Gasteiger partial charge in [0.15, 0.2) is 6.10 Å². The third-order valence-electron chi connectivity index (χ3n) is 4.22. The summed E-state index contributed by atoms with van der Waals surface area (Å²) in [6.45, 7) is 3.62. The lowest BCUT2D eigenvalue weighted by Crippen LogP contribution is -2.30. The number of amides is 2. The summed E-state index contributed by atoms with van der Waals surface area (Å²) in [5.41, 5.74) is 2.72. The Kier molecular flexibility index (Phi) is 6.24. The second kappa shape index (κ2) is 9.01. The number of benzene rings is 3. The van der Waals surface area contributed by atoms with Crippen LogP contribution in [0, 0.1) is 12.7 Å². The molecule has 0 bridgehead atoms. The molecule has 0 aromatic heterocycles. The van der Waals surface area contributed by atoms with Crippen molar-refractivity contribution in [3.8, 4) is 5.75 Å². The van der Waals surface area contributed by atoms with E-state index in [-0.39, 0.29) is 17.6 Å². The number of anilines is 2. The molecule has 1 atom stereocenters. The van der Waals surface area contributed by atoms with Crippen LogP contribution in [-0.2, 0) is 4.79 Å². The van der Waals surface area contributed by atoms with Crippen LogP contribution in [0.25, 0.3) is 0 Å². The number of rotatable bonds is 6. The molecule has 1 unspecified atom stereocenters. The lowest BCUT2D eigenvalue weighted by Gasteiger charge is -2.15. The van der Waals surface area contributed by atoms with Crippen LogP contribution in [0.4, 0.5) is 15.8 Å². The minimum Gasteiger partial charge on any atom is -0.481 e. The highest BCUT2D eigenvalue weighted by molar-refractivity contribution is 6.04. The standard InChI is InChI=1S/C23H21FN2O3/c1-15-3-9-19(10-4-15)25-22(27)16(2)29-21-13-5-17(6-14-21)23(28)26-20-11-7-18(24)8-12-20/h3-14,16H,1-2H3,(H,25,27)(H,26,28). The highest BCUT2D eigenvalue weighted by Gasteiger charge is 2.15. The summed E-state index contributed by atoms with van der Waals surface area (Å²) in [6, 6.07) is 19.4. The third kappa shape index (κ3) is 5.65. The van der Waals surface area contributed by atoms with E-state index in [9.17, 15) is 14.0 Å². The molecule has 3 rings (SSSR count). The van der Waals surface area contributed by atoms with Gasteiger partial charge >= 0.3 is 0 Å². The summed E-state index contributed by atoms with van der Waals surface area (Å²) in [7, 11) is 0. The molecule has 0 spiro atoms. The molecule has 5 nitrogen and oxygen atoms in total. The summed E-state index contributed by atoms with van der Waals surface area (Å²) in [6.07, 6.45) is -0.713. The van der Waals surface area contributed by atoms with Crippen LogP contribution >= 0.6 is 0 Å². The molecular formula is C23H21FN2O3. The van der Waals surface area contributed by atoms with Gasteiger partial charge in [-0.1, -0.05) is 17.7 Å². The smallest absolute Gasteiger partial charge is 0.265 e. The predicted molar refractivity (Wildman–Crippen MR) is 111 cm³/mol. The zero-order valence-corrected chi connectivity index (χ0v) is 16.1. The normalized spacial score (nSPS) is 11.4. The van der Waals surface area contributed by atoms with Gasteiger partial charge in [0.25, 0.3) is 11.8 Å². The van der Waals surface area contributed by atoms with E-state index in [1.807, 2.05) is 31.2 Å². The quantitative estimate of drug-likeness (QED) is 0.634. The topological polar surface area (TPSA) is 67.4 Å². The van der Waals surface area contributed by atoms with E-state index < -0.39 is 6.10 Å². The van der Waals surface area contributed by atoms with Crippen LogP contribution in [0.5, 0.6) is 5.75 Å². The Hall–Kier alpha value is -3.67. The van der Waals surface area contributed by atoms with Gasteiger partial charge in [-0.3, -0.25) is 9.59 Å². The molecule has 2 amide bonds. The van der Waals surface area contributed by atoms with Crippen molar-refractivity contribution in [1.29, 1.82) is 0 Å². The maximum Gasteiger partial charge on any atom is 0.265 e. The molecule has 3 aromatic rings. The van der Waals surface area contributed by atoms with Gasteiger partial charge < -0.3 is 15.4 Å². The van der Waals surface area contributed by atoms with Gasteiger partial charge in [-0.15, -0.1) is 0 Å². The Bertz CT molecular complexity index is 984. The van der Waals surface area contributed by atoms with E-state index >= 15 is 0 Å². The molecule has 2 N–H and O–H groups in total. The fraction of sp³-hybridized carbons (Fsp3) is 0.130. The van der Waals surface area contributed by atoms with Crippen molar-refractivity contribution >= 4 is 23.2 Å². The molecule has 3 aromatic carbocycles. The molecule has 0 heterocycles. The van der Waals surface area contributed by atoms with E-state index in [1.54, 1.807) is 31.2 Å². The largest absolute Gasteiger partial charge is 0.481 e. The molecule has 29 heavy (non-hydrogen) atoms. The number of hydrogen-bond donors (Lipinski definition) is 2. The Balaban J connectivity index is 1.56. The number of ether oxygens (including phenoxy) is 1. The lowest BCUT2D eigenvalue weighted by atomic mass is 10.2. The number of nitrogens with one attached hydrogen (secondary N) is 2. The van der Waals surface area contributed by atoms with E-state index in [4.69, 9.17) is 4.74 Å². The van der Waals surface area contributed by atoms with Crippen molar-refractivity contribution < 1.29 is 18.7 Å². The second-order valence-corrected chi connectivity index (χ2v) is 6.60. The van der Waals surface area contributed by atoms with Gasteiger partial charge in [-0.05, 0) is 74.5 Å². The van der Waals surface area contributed by atoms with Crippen LogP contribution in [0.2, 0.25) is 0 Å². The van der Waals surface area contributed by atoms with E-state index in [0.717, 1.165) is 5.56 Å². The predicted octanol–water partition coefficient (Wildman–Crippen LogP) is 4.79. The van der Waals surface area contributed by atoms with Crippen molar-refractivity contribution in [2.75, 3.05) is 10.6 Å². The van der Waals surface area contributed by atoms with Gasteiger partial charge in [0.05, 0.1) is 0 Å². The number of halogens is 1. The van der Waals surface area contributed by atoms with Gasteiger partial charge in [-0.25, -0.2) is 4.39 Å². The van der Waals surface area contributed by atoms with Crippen molar-refractivity contribution in [3.63, 3.8) is 0 Å². The van der Waals surface area contributed by atoms with Crippen LogP contribution < -0.4 is 15.4 Å². The minimum atomic E-state index is -0.713. The number of aryl methyl sites for hydroxylation is 1. The lowest BCUT2D eigenvalue weighted by molar-refractivity contribution is -0.122. The zero-order valence-electron chi connectivity index (χ0n) is 16.1. The molecule has 0 saturated heterocycles. The Morgan fingerprint density at radius 2 is 1.38 bits per heavy atom. The summed E-state index contributed by atoms with van der Waals surface area (Å²) in [4.78, 5) is 24.5. The molecule has 148 valence electrons. The highest BCUT2D eigenvalue weighted by Crippen LogP contribution is 2.17. The van der Waals surface area contributed by atoms with E-state index in [0.29, 0.717) is 22.7 Å². The minimum absolute atomic E-state index is 0.271. The Labute approximate surface area is 168 Å². The van der Waals surface area contributed by atoms with Crippen LogP contribution in [0.3, 0.4) is 0 Å². The molecule has 0 aliphatic carbocycles. The van der Waals surface area contributed by atoms with Gasteiger partial charge in [-0.2, -0.15) is 0 Å². The van der Waals surface area contributed by atoms with Crippen LogP contribution in [0.15, 0.2) is 72.8 Å². The van der Waals surface area contributed by atoms with Gasteiger partial charge in [0.1, 0.15) is 11.6 Å². The van der Waals surface area contributed by atoms with Gasteiger partial charge in [0.2, 0.25) is 0 Å². The van der Waals surface area contributed by atoms with E-state index in [2.05, 4.69) is 10.6 Å². The van der Waals surface area contributed by atoms with Crippen LogP contribution in [0.1, 0.15) is 22.8 Å². The Morgan fingerprint density at radius 3 is 2.00 bits per heavy atom. The Morgan fingerprint density at radius 1 is 0.828 bits per heavy atom.